The number of amides is 2. The van der Waals surface area contributed by atoms with Crippen LogP contribution in [0.5, 0.6) is 0 Å². The predicted molar refractivity (Wildman–Crippen MR) is 82.1 cm³/mol. The number of nitrogens with zero attached hydrogens (tertiary/aromatic N) is 2. The van der Waals surface area contributed by atoms with Crippen LogP contribution in [0.15, 0.2) is 41.6 Å². The van der Waals surface area contributed by atoms with E-state index >= 15 is 0 Å². The fourth-order valence-electron chi connectivity index (χ4n) is 2.46. The van der Waals surface area contributed by atoms with Crippen LogP contribution in [0.3, 0.4) is 0 Å². The molecule has 1 aliphatic heterocycles. The summed E-state index contributed by atoms with van der Waals surface area (Å²) in [6.45, 7) is 1.26. The molecule has 1 aromatic carbocycles. The number of sulfonamides is 1. The van der Waals surface area contributed by atoms with Crippen LogP contribution in [0, 0.1) is 6.92 Å². The van der Waals surface area contributed by atoms with Crippen LogP contribution in [0.4, 0.5) is 19.3 Å². The largest absolute Gasteiger partial charge is 0.336 e. The molecule has 2 amide bonds. The SMILES string of the molecule is Cc1ccc2c(c1)NC(=O)N(Cc1ccncc1C(F)F)S2(=O)=O. The molecular weight excluding hydrogens is 340 g/mol. The summed E-state index contributed by atoms with van der Waals surface area (Å²) >= 11 is 0. The minimum absolute atomic E-state index is 0.0225. The van der Waals surface area contributed by atoms with E-state index in [1.165, 1.54) is 18.3 Å². The first-order valence-corrected chi connectivity index (χ1v) is 8.40. The van der Waals surface area contributed by atoms with E-state index in [4.69, 9.17) is 0 Å². The number of hydrogen-bond donors (Lipinski definition) is 1. The van der Waals surface area contributed by atoms with Gasteiger partial charge in [0.2, 0.25) is 0 Å². The summed E-state index contributed by atoms with van der Waals surface area (Å²) in [7, 11) is -4.13. The average Bonchev–Trinajstić information content (AvgIpc) is 2.51. The smallest absolute Gasteiger partial charge is 0.306 e. The lowest BCUT2D eigenvalue weighted by atomic mass is 10.1. The zero-order valence-corrected chi connectivity index (χ0v) is 13.3. The van der Waals surface area contributed by atoms with Crippen molar-refractivity contribution in [3.05, 3.63) is 53.3 Å². The van der Waals surface area contributed by atoms with Gasteiger partial charge < -0.3 is 5.32 Å². The zero-order chi connectivity index (χ0) is 17.5. The van der Waals surface area contributed by atoms with Crippen molar-refractivity contribution in [2.45, 2.75) is 24.8 Å². The van der Waals surface area contributed by atoms with Crippen LogP contribution in [-0.2, 0) is 16.6 Å². The van der Waals surface area contributed by atoms with E-state index in [1.54, 1.807) is 19.1 Å². The normalized spacial score (nSPS) is 16.0. The Kier molecular flexibility index (Phi) is 3.96. The number of hydrogen-bond acceptors (Lipinski definition) is 4. The molecule has 0 aliphatic carbocycles. The van der Waals surface area contributed by atoms with Gasteiger partial charge in [-0.3, -0.25) is 4.98 Å². The number of carbonyl (C=O) groups excluding carboxylic acids is 1. The van der Waals surface area contributed by atoms with E-state index in [0.717, 1.165) is 11.8 Å². The van der Waals surface area contributed by atoms with Crippen LogP contribution in [0.1, 0.15) is 23.1 Å². The number of aromatic nitrogens is 1. The Morgan fingerprint density at radius 2 is 2.04 bits per heavy atom. The molecule has 1 aliphatic rings. The molecule has 6 nitrogen and oxygen atoms in total. The summed E-state index contributed by atoms with van der Waals surface area (Å²) in [5.74, 6) is 0. The van der Waals surface area contributed by atoms with Crippen molar-refractivity contribution in [2.75, 3.05) is 5.32 Å². The second-order valence-corrected chi connectivity index (χ2v) is 7.15. The third-order valence-corrected chi connectivity index (χ3v) is 5.45. The monoisotopic (exact) mass is 353 g/mol. The number of alkyl halides is 2. The van der Waals surface area contributed by atoms with Gasteiger partial charge in [0.15, 0.2) is 0 Å². The van der Waals surface area contributed by atoms with Crippen molar-refractivity contribution in [3.8, 4) is 0 Å². The standard InChI is InChI=1S/C15H13F2N3O3S/c1-9-2-3-13-12(6-9)19-15(21)20(24(13,22)23)8-10-4-5-18-7-11(10)14(16)17/h2-7,14H,8H2,1H3,(H,19,21). The van der Waals surface area contributed by atoms with Crippen molar-refractivity contribution >= 4 is 21.7 Å². The Bertz CT molecular complexity index is 916. The molecule has 0 fully saturated rings. The molecular formula is C15H13F2N3O3S. The van der Waals surface area contributed by atoms with Crippen LogP contribution in [0.2, 0.25) is 0 Å². The zero-order valence-electron chi connectivity index (χ0n) is 12.5. The molecule has 0 saturated carbocycles. The molecule has 9 heteroatoms. The van der Waals surface area contributed by atoms with Crippen molar-refractivity contribution in [3.63, 3.8) is 0 Å². The van der Waals surface area contributed by atoms with Gasteiger partial charge in [-0.25, -0.2) is 26.3 Å². The summed E-state index contributed by atoms with van der Waals surface area (Å²) in [6.07, 6.45) is -0.585. The lowest BCUT2D eigenvalue weighted by molar-refractivity contribution is 0.149. The molecule has 0 spiro atoms. The number of anilines is 1. The van der Waals surface area contributed by atoms with Gasteiger partial charge in [0.1, 0.15) is 4.90 Å². The number of benzene rings is 1. The van der Waals surface area contributed by atoms with E-state index in [2.05, 4.69) is 10.3 Å². The summed E-state index contributed by atoms with van der Waals surface area (Å²) in [4.78, 5) is 15.7. The Morgan fingerprint density at radius 1 is 1.29 bits per heavy atom. The second-order valence-electron chi connectivity index (χ2n) is 5.32. The van der Waals surface area contributed by atoms with E-state index in [0.29, 0.717) is 4.31 Å². The molecule has 0 unspecified atom stereocenters. The first-order chi connectivity index (χ1) is 11.3. The third-order valence-electron chi connectivity index (χ3n) is 3.67. The summed E-state index contributed by atoms with van der Waals surface area (Å²) in [5, 5.41) is 2.48. The molecule has 3 rings (SSSR count). The fraction of sp³-hybridized carbons (Fsp3) is 0.200. The molecule has 126 valence electrons. The van der Waals surface area contributed by atoms with Gasteiger partial charge in [0, 0.05) is 18.0 Å². The molecule has 0 bridgehead atoms. The number of rotatable bonds is 3. The fourth-order valence-corrected chi connectivity index (χ4v) is 3.90. The molecule has 2 heterocycles. The topological polar surface area (TPSA) is 79.4 Å². The molecule has 2 aromatic rings. The van der Waals surface area contributed by atoms with Crippen molar-refractivity contribution in [2.24, 2.45) is 0 Å². The predicted octanol–water partition coefficient (Wildman–Crippen LogP) is 3.06. The number of pyridine rings is 1. The number of nitrogens with one attached hydrogen (secondary N) is 1. The second kappa shape index (κ2) is 5.82. The van der Waals surface area contributed by atoms with Crippen molar-refractivity contribution < 1.29 is 22.0 Å². The number of halogens is 2. The van der Waals surface area contributed by atoms with Crippen molar-refractivity contribution in [1.29, 1.82) is 0 Å². The first kappa shape index (κ1) is 16.3. The summed E-state index contributed by atoms with van der Waals surface area (Å²) < 4.78 is 52.0. The highest BCUT2D eigenvalue weighted by Crippen LogP contribution is 2.33. The maximum absolute atomic E-state index is 13.0. The van der Waals surface area contributed by atoms with Gasteiger partial charge in [-0.2, -0.15) is 0 Å². The number of fused-ring (bicyclic) bond motifs is 1. The average molecular weight is 353 g/mol. The quantitative estimate of drug-likeness (QED) is 0.920. The summed E-state index contributed by atoms with van der Waals surface area (Å²) in [6, 6.07) is 4.91. The maximum Gasteiger partial charge on any atom is 0.336 e. The highest BCUT2D eigenvalue weighted by Gasteiger charge is 2.37. The van der Waals surface area contributed by atoms with Gasteiger partial charge in [-0.15, -0.1) is 0 Å². The molecule has 1 aromatic heterocycles. The Balaban J connectivity index is 2.04. The highest BCUT2D eigenvalue weighted by atomic mass is 32.2. The van der Waals surface area contributed by atoms with Gasteiger partial charge in [-0.1, -0.05) is 6.07 Å². The molecule has 0 atom stereocenters. The van der Waals surface area contributed by atoms with E-state index in [-0.39, 0.29) is 16.1 Å². The Morgan fingerprint density at radius 3 is 2.75 bits per heavy atom. The molecule has 0 saturated heterocycles. The van der Waals surface area contributed by atoms with E-state index in [9.17, 15) is 22.0 Å². The Labute approximate surface area is 137 Å². The maximum atomic E-state index is 13.0. The van der Waals surface area contributed by atoms with Gasteiger partial charge >= 0.3 is 6.03 Å². The van der Waals surface area contributed by atoms with Gasteiger partial charge in [0.25, 0.3) is 16.4 Å². The number of carbonyl (C=O) groups is 1. The highest BCUT2D eigenvalue weighted by molar-refractivity contribution is 7.90. The van der Waals surface area contributed by atoms with Gasteiger partial charge in [0.05, 0.1) is 12.2 Å². The van der Waals surface area contributed by atoms with Crippen LogP contribution < -0.4 is 5.32 Å². The molecule has 0 radical (unpaired) electrons. The van der Waals surface area contributed by atoms with E-state index < -0.39 is 34.6 Å². The number of aryl methyl sites for hydroxylation is 1. The molecule has 1 N–H and O–H groups in total. The van der Waals surface area contributed by atoms with Crippen molar-refractivity contribution in [1.82, 2.24) is 9.29 Å². The third kappa shape index (κ3) is 2.71. The van der Waals surface area contributed by atoms with Gasteiger partial charge in [-0.05, 0) is 36.2 Å². The summed E-state index contributed by atoms with van der Waals surface area (Å²) in [5.41, 5.74) is 0.580. The minimum Gasteiger partial charge on any atom is -0.306 e. The van der Waals surface area contributed by atoms with Crippen LogP contribution in [0.25, 0.3) is 0 Å². The van der Waals surface area contributed by atoms with E-state index in [1.807, 2.05) is 0 Å². The minimum atomic E-state index is -4.13. The first-order valence-electron chi connectivity index (χ1n) is 6.96. The lowest BCUT2D eigenvalue weighted by Gasteiger charge is -2.29. The lowest BCUT2D eigenvalue weighted by Crippen LogP contribution is -2.43. The Hall–Kier alpha value is -2.55. The molecule has 24 heavy (non-hydrogen) atoms. The van der Waals surface area contributed by atoms with Crippen LogP contribution in [-0.4, -0.2) is 23.7 Å². The van der Waals surface area contributed by atoms with Crippen LogP contribution >= 0.6 is 0 Å². The number of urea groups is 1.